The minimum absolute atomic E-state index is 0.148. The number of nitro groups is 1. The Morgan fingerprint density at radius 3 is 3.11 bits per heavy atom. The highest BCUT2D eigenvalue weighted by atomic mass is 32.1. The summed E-state index contributed by atoms with van der Waals surface area (Å²) in [4.78, 5) is 10.3. The number of ether oxygens (including phenoxy) is 1. The molecule has 0 fully saturated rings. The van der Waals surface area contributed by atoms with E-state index in [0.29, 0.717) is 13.2 Å². The Morgan fingerprint density at radius 2 is 2.32 bits per heavy atom. The van der Waals surface area contributed by atoms with Crippen LogP contribution in [0.3, 0.4) is 0 Å². The summed E-state index contributed by atoms with van der Waals surface area (Å²) in [5.74, 6) is 0.913. The normalized spacial score (nSPS) is 16.9. The summed E-state index contributed by atoms with van der Waals surface area (Å²) >= 11 is 1.16. The van der Waals surface area contributed by atoms with Gasteiger partial charge in [-0.2, -0.15) is 0 Å². The van der Waals surface area contributed by atoms with Gasteiger partial charge >= 0.3 is 5.00 Å². The standard InChI is InChI=1S/C13H12N2O3S/c16-15(17)13-5-9(8-19-13)6-14-11-7-18-12-4-2-1-3-10(11)12/h1-5,8,11,14H,6-7H2. The van der Waals surface area contributed by atoms with Gasteiger partial charge in [-0.3, -0.25) is 10.1 Å². The maximum absolute atomic E-state index is 10.6. The van der Waals surface area contributed by atoms with Gasteiger partial charge in [0.1, 0.15) is 12.4 Å². The molecule has 19 heavy (non-hydrogen) atoms. The molecular weight excluding hydrogens is 264 g/mol. The molecule has 1 aliphatic rings. The highest BCUT2D eigenvalue weighted by molar-refractivity contribution is 7.13. The van der Waals surface area contributed by atoms with Crippen LogP contribution in [-0.2, 0) is 6.54 Å². The third-order valence-corrected chi connectivity index (χ3v) is 4.00. The predicted octanol–water partition coefficient (Wildman–Crippen LogP) is 2.88. The summed E-state index contributed by atoms with van der Waals surface area (Å²) in [5, 5.41) is 16.0. The van der Waals surface area contributed by atoms with E-state index in [0.717, 1.165) is 28.2 Å². The molecule has 1 unspecified atom stereocenters. The molecule has 0 bridgehead atoms. The number of hydrogen-bond donors (Lipinski definition) is 1. The third-order valence-electron chi connectivity index (χ3n) is 3.07. The van der Waals surface area contributed by atoms with Gasteiger partial charge in [-0.05, 0) is 11.6 Å². The van der Waals surface area contributed by atoms with Crippen molar-refractivity contribution in [1.82, 2.24) is 5.32 Å². The van der Waals surface area contributed by atoms with Crippen molar-refractivity contribution in [3.8, 4) is 5.75 Å². The molecule has 5 nitrogen and oxygen atoms in total. The number of nitrogens with zero attached hydrogens (tertiary/aromatic N) is 1. The number of thiophene rings is 1. The van der Waals surface area contributed by atoms with E-state index in [4.69, 9.17) is 4.74 Å². The number of hydrogen-bond acceptors (Lipinski definition) is 5. The topological polar surface area (TPSA) is 64.4 Å². The van der Waals surface area contributed by atoms with Gasteiger partial charge in [-0.1, -0.05) is 29.5 Å². The molecule has 1 aromatic heterocycles. The van der Waals surface area contributed by atoms with Gasteiger partial charge in [0.15, 0.2) is 0 Å². The van der Waals surface area contributed by atoms with Crippen molar-refractivity contribution in [1.29, 1.82) is 0 Å². The quantitative estimate of drug-likeness (QED) is 0.689. The molecule has 0 saturated carbocycles. The summed E-state index contributed by atoms with van der Waals surface area (Å²) in [6, 6.07) is 9.68. The molecule has 0 saturated heterocycles. The fourth-order valence-corrected chi connectivity index (χ4v) is 2.85. The first-order chi connectivity index (χ1) is 9.24. The van der Waals surface area contributed by atoms with Crippen LogP contribution in [0.4, 0.5) is 5.00 Å². The second kappa shape index (κ2) is 4.99. The first kappa shape index (κ1) is 12.1. The largest absolute Gasteiger partial charge is 0.491 e. The van der Waals surface area contributed by atoms with Crippen LogP contribution in [0, 0.1) is 10.1 Å². The van der Waals surface area contributed by atoms with Crippen molar-refractivity contribution in [2.75, 3.05) is 6.61 Å². The fourth-order valence-electron chi connectivity index (χ4n) is 2.12. The summed E-state index contributed by atoms with van der Waals surface area (Å²) < 4.78 is 5.57. The molecule has 2 heterocycles. The Morgan fingerprint density at radius 1 is 1.47 bits per heavy atom. The van der Waals surface area contributed by atoms with Gasteiger partial charge in [0.25, 0.3) is 0 Å². The Bertz CT molecular complexity index is 611. The maximum Gasteiger partial charge on any atom is 0.324 e. The zero-order valence-corrected chi connectivity index (χ0v) is 10.9. The monoisotopic (exact) mass is 276 g/mol. The molecule has 1 atom stereocenters. The van der Waals surface area contributed by atoms with Crippen molar-refractivity contribution < 1.29 is 9.66 Å². The van der Waals surface area contributed by atoms with E-state index >= 15 is 0 Å². The second-order valence-electron chi connectivity index (χ2n) is 4.33. The van der Waals surface area contributed by atoms with Crippen LogP contribution >= 0.6 is 11.3 Å². The number of rotatable bonds is 4. The van der Waals surface area contributed by atoms with Crippen molar-refractivity contribution in [2.24, 2.45) is 0 Å². The number of nitrogens with one attached hydrogen (secondary N) is 1. The van der Waals surface area contributed by atoms with Crippen molar-refractivity contribution in [3.63, 3.8) is 0 Å². The molecule has 1 aromatic carbocycles. The van der Waals surface area contributed by atoms with Crippen LogP contribution in [0.15, 0.2) is 35.7 Å². The molecule has 3 rings (SSSR count). The highest BCUT2D eigenvalue weighted by Crippen LogP contribution is 2.32. The van der Waals surface area contributed by atoms with Gasteiger partial charge in [-0.15, -0.1) is 0 Å². The minimum Gasteiger partial charge on any atom is -0.491 e. The van der Waals surface area contributed by atoms with Gasteiger partial charge in [0.2, 0.25) is 0 Å². The molecule has 0 amide bonds. The Kier molecular flexibility index (Phi) is 3.18. The lowest BCUT2D eigenvalue weighted by Crippen LogP contribution is -2.21. The molecule has 98 valence electrons. The zero-order chi connectivity index (χ0) is 13.2. The maximum atomic E-state index is 10.6. The lowest BCUT2D eigenvalue weighted by Gasteiger charge is -2.10. The molecule has 1 N–H and O–H groups in total. The number of fused-ring (bicyclic) bond motifs is 1. The first-order valence-corrected chi connectivity index (χ1v) is 6.79. The number of benzene rings is 1. The lowest BCUT2D eigenvalue weighted by atomic mass is 10.1. The van der Waals surface area contributed by atoms with Crippen molar-refractivity contribution in [3.05, 3.63) is 57.0 Å². The van der Waals surface area contributed by atoms with Crippen LogP contribution in [0.2, 0.25) is 0 Å². The lowest BCUT2D eigenvalue weighted by molar-refractivity contribution is -0.380. The predicted molar refractivity (Wildman–Crippen MR) is 72.5 cm³/mol. The summed E-state index contributed by atoms with van der Waals surface area (Å²) in [5.41, 5.74) is 2.08. The van der Waals surface area contributed by atoms with Crippen LogP contribution in [0.1, 0.15) is 17.2 Å². The van der Waals surface area contributed by atoms with Gasteiger partial charge in [0, 0.05) is 23.6 Å². The molecule has 1 aliphatic heterocycles. The molecular formula is C13H12N2O3S. The van der Waals surface area contributed by atoms with Crippen LogP contribution in [-0.4, -0.2) is 11.5 Å². The van der Waals surface area contributed by atoms with E-state index in [9.17, 15) is 10.1 Å². The van der Waals surface area contributed by atoms with Crippen molar-refractivity contribution in [2.45, 2.75) is 12.6 Å². The third kappa shape index (κ3) is 2.45. The van der Waals surface area contributed by atoms with E-state index in [1.54, 1.807) is 6.07 Å². The Balaban J connectivity index is 1.65. The zero-order valence-electron chi connectivity index (χ0n) is 10.0. The minimum atomic E-state index is -0.359. The SMILES string of the molecule is O=[N+]([O-])c1cc(CNC2COc3ccccc32)cs1. The second-order valence-corrected chi connectivity index (χ2v) is 5.22. The fraction of sp³-hybridized carbons (Fsp3) is 0.231. The molecule has 0 aliphatic carbocycles. The first-order valence-electron chi connectivity index (χ1n) is 5.91. The van der Waals surface area contributed by atoms with E-state index in [2.05, 4.69) is 5.32 Å². The smallest absolute Gasteiger partial charge is 0.324 e. The van der Waals surface area contributed by atoms with E-state index < -0.39 is 0 Å². The van der Waals surface area contributed by atoms with E-state index in [-0.39, 0.29) is 16.0 Å². The van der Waals surface area contributed by atoms with Crippen LogP contribution in [0.5, 0.6) is 5.75 Å². The summed E-state index contributed by atoms with van der Waals surface area (Å²) in [6.07, 6.45) is 0. The molecule has 0 radical (unpaired) electrons. The summed E-state index contributed by atoms with van der Waals surface area (Å²) in [7, 11) is 0. The van der Waals surface area contributed by atoms with E-state index in [1.807, 2.05) is 29.6 Å². The van der Waals surface area contributed by atoms with Crippen molar-refractivity contribution >= 4 is 16.3 Å². The molecule has 6 heteroatoms. The number of para-hydroxylation sites is 1. The van der Waals surface area contributed by atoms with Gasteiger partial charge in [-0.25, -0.2) is 0 Å². The Labute approximate surface area is 114 Å². The summed E-state index contributed by atoms with van der Waals surface area (Å²) in [6.45, 7) is 1.21. The van der Waals surface area contributed by atoms with Gasteiger partial charge in [0.05, 0.1) is 11.0 Å². The van der Waals surface area contributed by atoms with Gasteiger partial charge < -0.3 is 10.1 Å². The van der Waals surface area contributed by atoms with Crippen LogP contribution < -0.4 is 10.1 Å². The molecule has 2 aromatic rings. The average Bonchev–Trinajstić information content (AvgIpc) is 3.03. The highest BCUT2D eigenvalue weighted by Gasteiger charge is 2.23. The Hall–Kier alpha value is -1.92. The van der Waals surface area contributed by atoms with Crippen LogP contribution in [0.25, 0.3) is 0 Å². The molecule has 0 spiro atoms. The average molecular weight is 276 g/mol. The van der Waals surface area contributed by atoms with E-state index in [1.165, 1.54) is 0 Å².